The molecule has 2 rings (SSSR count). The first kappa shape index (κ1) is 10.8. The lowest BCUT2D eigenvalue weighted by atomic mass is 10.2. The van der Waals surface area contributed by atoms with Crippen LogP contribution >= 0.6 is 34.8 Å². The first-order valence-electron chi connectivity index (χ1n) is 4.18. The van der Waals surface area contributed by atoms with Crippen LogP contribution in [0.25, 0.3) is 10.9 Å². The van der Waals surface area contributed by atoms with Gasteiger partial charge in [-0.2, -0.15) is 0 Å². The number of nitrogens with one attached hydrogen (secondary N) is 1. The fourth-order valence-electron chi connectivity index (χ4n) is 1.35. The van der Waals surface area contributed by atoms with Crippen molar-refractivity contribution in [2.75, 3.05) is 0 Å². The molecule has 0 saturated heterocycles. The van der Waals surface area contributed by atoms with Gasteiger partial charge >= 0.3 is 0 Å². The van der Waals surface area contributed by atoms with E-state index in [0.29, 0.717) is 10.9 Å². The van der Waals surface area contributed by atoms with E-state index in [0.717, 1.165) is 0 Å². The standard InChI is InChI=1S/C10H6Cl3NO/c11-10(12,13)9-5-8(15)6-3-1-2-4-7(6)14-9/h1-5H,(H,14,15). The molecule has 1 aromatic heterocycles. The zero-order valence-electron chi connectivity index (χ0n) is 7.43. The predicted molar refractivity (Wildman–Crippen MR) is 63.8 cm³/mol. The Labute approximate surface area is 101 Å². The van der Waals surface area contributed by atoms with Crippen molar-refractivity contribution >= 4 is 45.7 Å². The number of hydrogen-bond acceptors (Lipinski definition) is 1. The minimum Gasteiger partial charge on any atom is -0.355 e. The van der Waals surface area contributed by atoms with Crippen molar-refractivity contribution in [2.24, 2.45) is 0 Å². The summed E-state index contributed by atoms with van der Waals surface area (Å²) in [5.74, 6) is 0. The van der Waals surface area contributed by atoms with Crippen LogP contribution in [0, 0.1) is 0 Å². The predicted octanol–water partition coefficient (Wildman–Crippen LogP) is 3.35. The molecular weight excluding hydrogens is 256 g/mol. The third kappa shape index (κ3) is 2.12. The van der Waals surface area contributed by atoms with E-state index in [-0.39, 0.29) is 11.1 Å². The molecule has 0 bridgehead atoms. The summed E-state index contributed by atoms with van der Waals surface area (Å²) >= 11 is 17.1. The topological polar surface area (TPSA) is 32.9 Å². The molecule has 0 aliphatic rings. The van der Waals surface area contributed by atoms with Gasteiger partial charge in [0.1, 0.15) is 0 Å². The number of rotatable bonds is 0. The van der Waals surface area contributed by atoms with E-state index in [1.807, 2.05) is 0 Å². The second-order valence-electron chi connectivity index (χ2n) is 3.09. The average Bonchev–Trinajstić information content (AvgIpc) is 2.16. The molecular formula is C10H6Cl3NO. The highest BCUT2D eigenvalue weighted by molar-refractivity contribution is 6.66. The molecule has 0 unspecified atom stereocenters. The lowest BCUT2D eigenvalue weighted by Gasteiger charge is -2.11. The summed E-state index contributed by atoms with van der Waals surface area (Å²) in [5, 5.41) is 0.579. The van der Waals surface area contributed by atoms with E-state index in [2.05, 4.69) is 4.98 Å². The Morgan fingerprint density at radius 1 is 1.13 bits per heavy atom. The normalized spacial score (nSPS) is 11.9. The first-order valence-corrected chi connectivity index (χ1v) is 5.31. The van der Waals surface area contributed by atoms with Gasteiger partial charge in [-0.15, -0.1) is 0 Å². The number of halogens is 3. The number of H-pyrrole nitrogens is 1. The molecule has 0 aliphatic carbocycles. The Balaban J connectivity index is 2.79. The largest absolute Gasteiger partial charge is 0.355 e. The van der Waals surface area contributed by atoms with Crippen LogP contribution in [0.3, 0.4) is 0 Å². The van der Waals surface area contributed by atoms with E-state index in [1.165, 1.54) is 6.07 Å². The summed E-state index contributed by atoms with van der Waals surface area (Å²) in [6.07, 6.45) is 0. The van der Waals surface area contributed by atoms with E-state index < -0.39 is 3.79 Å². The number of para-hydroxylation sites is 1. The maximum Gasteiger partial charge on any atom is 0.230 e. The Morgan fingerprint density at radius 2 is 1.80 bits per heavy atom. The van der Waals surface area contributed by atoms with Crippen LogP contribution in [0.15, 0.2) is 35.1 Å². The third-order valence-electron chi connectivity index (χ3n) is 2.04. The lowest BCUT2D eigenvalue weighted by molar-refractivity contribution is 1.11. The number of fused-ring (bicyclic) bond motifs is 1. The summed E-state index contributed by atoms with van der Waals surface area (Å²) in [5.41, 5.74) is 0.771. The molecule has 0 amide bonds. The van der Waals surface area contributed by atoms with Gasteiger partial charge in [-0.3, -0.25) is 4.79 Å². The van der Waals surface area contributed by atoms with Crippen molar-refractivity contribution in [2.45, 2.75) is 3.79 Å². The molecule has 5 heteroatoms. The molecule has 0 radical (unpaired) electrons. The second kappa shape index (κ2) is 3.71. The van der Waals surface area contributed by atoms with Gasteiger partial charge < -0.3 is 4.98 Å². The van der Waals surface area contributed by atoms with Gasteiger partial charge in [0.25, 0.3) is 0 Å². The monoisotopic (exact) mass is 261 g/mol. The van der Waals surface area contributed by atoms with Gasteiger partial charge in [-0.05, 0) is 12.1 Å². The third-order valence-corrected chi connectivity index (χ3v) is 2.65. The van der Waals surface area contributed by atoms with Crippen LogP contribution in [0.5, 0.6) is 0 Å². The van der Waals surface area contributed by atoms with Gasteiger partial charge in [-0.25, -0.2) is 0 Å². The van der Waals surface area contributed by atoms with Crippen LogP contribution in [0.2, 0.25) is 0 Å². The highest BCUT2D eigenvalue weighted by Gasteiger charge is 2.24. The quantitative estimate of drug-likeness (QED) is 0.726. The first-order chi connectivity index (χ1) is 6.98. The molecule has 0 spiro atoms. The minimum atomic E-state index is -1.61. The van der Waals surface area contributed by atoms with Crippen LogP contribution in [-0.4, -0.2) is 4.98 Å². The maximum atomic E-state index is 11.7. The Kier molecular flexibility index (Phi) is 2.67. The Morgan fingerprint density at radius 3 is 2.47 bits per heavy atom. The Bertz CT molecular complexity index is 556. The molecule has 1 N–H and O–H groups in total. The summed E-state index contributed by atoms with van der Waals surface area (Å²) in [4.78, 5) is 14.6. The highest BCUT2D eigenvalue weighted by atomic mass is 35.6. The van der Waals surface area contributed by atoms with Crippen molar-refractivity contribution in [1.29, 1.82) is 0 Å². The number of aromatic amines is 1. The van der Waals surface area contributed by atoms with Crippen LogP contribution in [0.1, 0.15) is 5.69 Å². The van der Waals surface area contributed by atoms with Crippen molar-refractivity contribution in [1.82, 2.24) is 4.98 Å². The summed E-state index contributed by atoms with van der Waals surface area (Å²) in [6.45, 7) is 0. The second-order valence-corrected chi connectivity index (χ2v) is 5.37. The smallest absolute Gasteiger partial charge is 0.230 e. The van der Waals surface area contributed by atoms with Gasteiger partial charge in [0, 0.05) is 17.0 Å². The van der Waals surface area contributed by atoms with E-state index in [4.69, 9.17) is 34.8 Å². The minimum absolute atomic E-state index is 0.161. The van der Waals surface area contributed by atoms with Crippen LogP contribution < -0.4 is 5.43 Å². The summed E-state index contributed by atoms with van der Waals surface area (Å²) in [7, 11) is 0. The van der Waals surface area contributed by atoms with Crippen molar-refractivity contribution in [3.8, 4) is 0 Å². The van der Waals surface area contributed by atoms with Crippen molar-refractivity contribution in [3.05, 3.63) is 46.2 Å². The van der Waals surface area contributed by atoms with Gasteiger partial charge in [0.15, 0.2) is 5.43 Å². The summed E-state index contributed by atoms with van der Waals surface area (Å²) in [6, 6.07) is 8.37. The molecule has 2 nitrogen and oxygen atoms in total. The fourth-order valence-corrected chi connectivity index (χ4v) is 1.66. The molecule has 1 heterocycles. The molecule has 1 aromatic carbocycles. The molecule has 15 heavy (non-hydrogen) atoms. The van der Waals surface area contributed by atoms with Crippen LogP contribution in [0.4, 0.5) is 0 Å². The molecule has 0 aliphatic heterocycles. The molecule has 78 valence electrons. The van der Waals surface area contributed by atoms with E-state index in [1.54, 1.807) is 24.3 Å². The summed E-state index contributed by atoms with van der Waals surface area (Å²) < 4.78 is -1.61. The van der Waals surface area contributed by atoms with Crippen molar-refractivity contribution in [3.63, 3.8) is 0 Å². The number of hydrogen-bond donors (Lipinski definition) is 1. The Hall–Kier alpha value is -0.700. The number of benzene rings is 1. The van der Waals surface area contributed by atoms with Gasteiger partial charge in [0.05, 0.1) is 5.69 Å². The molecule has 0 atom stereocenters. The highest BCUT2D eigenvalue weighted by Crippen LogP contribution is 2.36. The number of aromatic nitrogens is 1. The van der Waals surface area contributed by atoms with E-state index >= 15 is 0 Å². The number of pyridine rings is 1. The van der Waals surface area contributed by atoms with E-state index in [9.17, 15) is 4.79 Å². The lowest BCUT2D eigenvalue weighted by Crippen LogP contribution is -2.11. The number of alkyl halides is 3. The van der Waals surface area contributed by atoms with Crippen molar-refractivity contribution < 1.29 is 0 Å². The molecule has 2 aromatic rings. The van der Waals surface area contributed by atoms with Gasteiger partial charge in [-0.1, -0.05) is 46.9 Å². The SMILES string of the molecule is O=c1cc(C(Cl)(Cl)Cl)[nH]c2ccccc12. The molecule has 0 saturated carbocycles. The maximum absolute atomic E-state index is 11.7. The van der Waals surface area contributed by atoms with Gasteiger partial charge in [0.2, 0.25) is 3.79 Å². The molecule has 0 fully saturated rings. The zero-order chi connectivity index (χ0) is 11.1. The van der Waals surface area contributed by atoms with Crippen LogP contribution in [-0.2, 0) is 3.79 Å². The average molecular weight is 263 g/mol. The zero-order valence-corrected chi connectivity index (χ0v) is 9.70. The fraction of sp³-hybridized carbons (Fsp3) is 0.100.